The van der Waals surface area contributed by atoms with Crippen molar-refractivity contribution in [2.75, 3.05) is 13.2 Å². The summed E-state index contributed by atoms with van der Waals surface area (Å²) < 4.78 is 17.1. The number of carbonyl (C=O) groups is 3. The molecule has 2 aromatic carbocycles. The number of hydrogen-bond acceptors (Lipinski definition) is 7. The van der Waals surface area contributed by atoms with Crippen molar-refractivity contribution in [1.29, 1.82) is 0 Å². The summed E-state index contributed by atoms with van der Waals surface area (Å²) in [6.07, 6.45) is 0.311. The first-order valence-electron chi connectivity index (χ1n) is 13.6. The highest BCUT2D eigenvalue weighted by molar-refractivity contribution is 5.90. The van der Waals surface area contributed by atoms with E-state index in [2.05, 4.69) is 53.4 Å². The number of piperidine rings is 1. The molecule has 7 nitrogen and oxygen atoms in total. The van der Waals surface area contributed by atoms with Gasteiger partial charge in [0, 0.05) is 37.4 Å². The molecular weight excluding hydrogens is 494 g/mol. The molecule has 1 atom stereocenters. The van der Waals surface area contributed by atoms with Gasteiger partial charge in [-0.1, -0.05) is 51.1 Å². The number of hydrogen-bond donors (Lipinski definition) is 0. The van der Waals surface area contributed by atoms with Crippen LogP contribution in [0.5, 0.6) is 0 Å². The smallest absolute Gasteiger partial charge is 0.338 e. The van der Waals surface area contributed by atoms with Crippen molar-refractivity contribution in [3.8, 4) is 0 Å². The largest absolute Gasteiger partial charge is 0.459 e. The van der Waals surface area contributed by atoms with E-state index in [0.29, 0.717) is 30.5 Å². The van der Waals surface area contributed by atoms with Crippen molar-refractivity contribution in [3.63, 3.8) is 0 Å². The van der Waals surface area contributed by atoms with E-state index in [9.17, 15) is 14.4 Å². The highest BCUT2D eigenvalue weighted by atomic mass is 16.6. The fraction of sp³-hybridized carbons (Fsp3) is 0.531. The predicted molar refractivity (Wildman–Crippen MR) is 151 cm³/mol. The van der Waals surface area contributed by atoms with Crippen LogP contribution in [0.1, 0.15) is 94.5 Å². The molecule has 1 fully saturated rings. The van der Waals surface area contributed by atoms with Crippen LogP contribution in [-0.2, 0) is 24.4 Å². The van der Waals surface area contributed by atoms with Gasteiger partial charge in [-0.15, -0.1) is 0 Å². The molecule has 0 saturated carbocycles. The molecule has 1 heterocycles. The zero-order valence-corrected chi connectivity index (χ0v) is 24.6. The number of nitrogens with zero attached hydrogens (tertiary/aromatic N) is 1. The van der Waals surface area contributed by atoms with Crippen LogP contribution in [0.25, 0.3) is 0 Å². The Morgan fingerprint density at radius 2 is 1.41 bits per heavy atom. The molecule has 0 aromatic heterocycles. The van der Waals surface area contributed by atoms with Gasteiger partial charge in [0.15, 0.2) is 0 Å². The van der Waals surface area contributed by atoms with Crippen molar-refractivity contribution in [1.82, 2.24) is 4.90 Å². The van der Waals surface area contributed by atoms with E-state index in [-0.39, 0.29) is 35.2 Å². The van der Waals surface area contributed by atoms with Gasteiger partial charge < -0.3 is 14.2 Å². The third-order valence-electron chi connectivity index (χ3n) is 7.30. The fourth-order valence-electron chi connectivity index (χ4n) is 5.52. The van der Waals surface area contributed by atoms with Gasteiger partial charge in [-0.3, -0.25) is 9.69 Å². The predicted octanol–water partition coefficient (Wildman–Crippen LogP) is 5.95. The fourth-order valence-corrected chi connectivity index (χ4v) is 5.52. The molecule has 0 bridgehead atoms. The molecule has 0 amide bonds. The normalized spacial score (nSPS) is 18.2. The van der Waals surface area contributed by atoms with Crippen molar-refractivity contribution in [2.24, 2.45) is 0 Å². The van der Waals surface area contributed by atoms with Crippen LogP contribution in [0.3, 0.4) is 0 Å². The molecule has 1 aliphatic heterocycles. The van der Waals surface area contributed by atoms with E-state index < -0.39 is 18.0 Å². The van der Waals surface area contributed by atoms with E-state index in [1.54, 1.807) is 24.3 Å². The quantitative estimate of drug-likeness (QED) is 0.304. The van der Waals surface area contributed by atoms with Gasteiger partial charge in [-0.25, -0.2) is 9.59 Å². The first kappa shape index (κ1) is 30.4. The molecule has 0 radical (unpaired) electrons. The minimum atomic E-state index is -0.651. The lowest BCUT2D eigenvalue weighted by Gasteiger charge is -2.55. The Balaban J connectivity index is 1.67. The average Bonchev–Trinajstić information content (AvgIpc) is 2.83. The van der Waals surface area contributed by atoms with Crippen LogP contribution in [0.15, 0.2) is 54.6 Å². The molecule has 3 rings (SSSR count). The number of benzene rings is 2. The number of likely N-dealkylation sites (tertiary alicyclic amines) is 1. The Bertz CT molecular complexity index is 1130. The van der Waals surface area contributed by atoms with E-state index in [1.807, 2.05) is 30.3 Å². The average molecular weight is 538 g/mol. The van der Waals surface area contributed by atoms with Gasteiger partial charge in [-0.2, -0.15) is 0 Å². The van der Waals surface area contributed by atoms with Crippen molar-refractivity contribution < 1.29 is 28.6 Å². The maximum absolute atomic E-state index is 12.8. The molecule has 0 N–H and O–H groups in total. The van der Waals surface area contributed by atoms with Gasteiger partial charge >= 0.3 is 17.9 Å². The summed E-state index contributed by atoms with van der Waals surface area (Å²) in [6.45, 7) is 16.4. The van der Waals surface area contributed by atoms with E-state index in [1.165, 1.54) is 6.92 Å². The van der Waals surface area contributed by atoms with Crippen LogP contribution in [0.2, 0.25) is 0 Å². The zero-order valence-electron chi connectivity index (χ0n) is 24.6. The highest BCUT2D eigenvalue weighted by Gasteiger charge is 2.47. The van der Waals surface area contributed by atoms with Gasteiger partial charge in [0.2, 0.25) is 0 Å². The Kier molecular flexibility index (Phi) is 9.27. The first-order valence-corrected chi connectivity index (χ1v) is 13.6. The summed E-state index contributed by atoms with van der Waals surface area (Å²) in [6, 6.07) is 16.4. The Labute approximate surface area is 232 Å². The molecule has 0 spiro atoms. The van der Waals surface area contributed by atoms with Crippen LogP contribution < -0.4 is 0 Å². The summed E-state index contributed by atoms with van der Waals surface area (Å²) in [4.78, 5) is 39.7. The molecule has 1 saturated heterocycles. The van der Waals surface area contributed by atoms with Gasteiger partial charge in [0.05, 0.1) is 11.1 Å². The highest BCUT2D eigenvalue weighted by Crippen LogP contribution is 2.40. The summed E-state index contributed by atoms with van der Waals surface area (Å²) in [5, 5.41) is 0. The van der Waals surface area contributed by atoms with Crippen LogP contribution in [0, 0.1) is 0 Å². The molecule has 2 aromatic rings. The lowest BCUT2D eigenvalue weighted by Crippen LogP contribution is -2.64. The number of carbonyl (C=O) groups excluding carboxylic acids is 3. The topological polar surface area (TPSA) is 82.1 Å². The third-order valence-corrected chi connectivity index (χ3v) is 7.30. The maximum Gasteiger partial charge on any atom is 0.338 e. The monoisotopic (exact) mass is 537 g/mol. The standard InChI is InChI=1S/C32H43NO6/c1-22(34)38-27(21-37-28(35)24-14-16-25(17-15-24)30(2,3)4)20-33-31(5,6)18-26(19-32(33,7)8)39-29(36)23-12-10-9-11-13-23/h9-17,26-27H,18-21H2,1-8H3. The molecule has 0 aliphatic carbocycles. The second kappa shape index (κ2) is 11.9. The van der Waals surface area contributed by atoms with E-state index >= 15 is 0 Å². The van der Waals surface area contributed by atoms with Gasteiger partial charge in [-0.05, 0) is 62.9 Å². The Morgan fingerprint density at radius 3 is 1.92 bits per heavy atom. The second-order valence-electron chi connectivity index (χ2n) is 12.7. The van der Waals surface area contributed by atoms with Crippen molar-refractivity contribution in [3.05, 3.63) is 71.3 Å². The van der Waals surface area contributed by atoms with Crippen molar-refractivity contribution in [2.45, 2.75) is 96.9 Å². The summed E-state index contributed by atoms with van der Waals surface area (Å²) >= 11 is 0. The van der Waals surface area contributed by atoms with Crippen LogP contribution in [0.4, 0.5) is 0 Å². The first-order chi connectivity index (χ1) is 18.1. The van der Waals surface area contributed by atoms with Gasteiger partial charge in [0.1, 0.15) is 18.8 Å². The van der Waals surface area contributed by atoms with E-state index in [0.717, 1.165) is 5.56 Å². The summed E-state index contributed by atoms with van der Waals surface area (Å²) in [5.74, 6) is -1.23. The lowest BCUT2D eigenvalue weighted by molar-refractivity contribution is -0.156. The lowest BCUT2D eigenvalue weighted by atomic mass is 9.77. The molecule has 7 heteroatoms. The minimum Gasteiger partial charge on any atom is -0.459 e. The van der Waals surface area contributed by atoms with Crippen molar-refractivity contribution >= 4 is 17.9 Å². The SMILES string of the molecule is CC(=O)OC(COC(=O)c1ccc(C(C)(C)C)cc1)CN1C(C)(C)CC(OC(=O)c2ccccc2)CC1(C)C. The molecule has 1 aliphatic rings. The minimum absolute atomic E-state index is 0.0181. The maximum atomic E-state index is 12.8. The number of esters is 3. The number of ether oxygens (including phenoxy) is 3. The van der Waals surface area contributed by atoms with E-state index in [4.69, 9.17) is 14.2 Å². The molecule has 1 unspecified atom stereocenters. The Hall–Kier alpha value is -3.19. The van der Waals surface area contributed by atoms with Crippen LogP contribution in [-0.4, -0.2) is 59.2 Å². The molecule has 212 valence electrons. The Morgan fingerprint density at radius 1 is 0.872 bits per heavy atom. The zero-order chi connectivity index (χ0) is 29.0. The van der Waals surface area contributed by atoms with Crippen LogP contribution >= 0.6 is 0 Å². The second-order valence-corrected chi connectivity index (χ2v) is 12.7. The number of rotatable bonds is 8. The molecular formula is C32H43NO6. The third kappa shape index (κ3) is 8.15. The summed E-state index contributed by atoms with van der Waals surface area (Å²) in [5.41, 5.74) is 1.32. The molecule has 39 heavy (non-hydrogen) atoms. The summed E-state index contributed by atoms with van der Waals surface area (Å²) in [7, 11) is 0. The van der Waals surface area contributed by atoms with Gasteiger partial charge in [0.25, 0.3) is 0 Å².